The fraction of sp³-hybridized carbons (Fsp3) is 0.500. The van der Waals surface area contributed by atoms with E-state index in [1.54, 1.807) is 6.08 Å². The van der Waals surface area contributed by atoms with E-state index < -0.39 is 17.9 Å². The number of carbonyl (C=O) groups excluding carboxylic acids is 1. The molecule has 1 aliphatic rings. The van der Waals surface area contributed by atoms with Gasteiger partial charge in [-0.15, -0.1) is 0 Å². The molecule has 0 bridgehead atoms. The maximum absolute atomic E-state index is 11.7. The summed E-state index contributed by atoms with van der Waals surface area (Å²) in [6.07, 6.45) is 5.14. The molecule has 1 amide bonds. The van der Waals surface area contributed by atoms with Crippen LogP contribution in [0.15, 0.2) is 22.6 Å². The van der Waals surface area contributed by atoms with Gasteiger partial charge >= 0.3 is 5.97 Å². The van der Waals surface area contributed by atoms with E-state index in [9.17, 15) is 9.59 Å². The summed E-state index contributed by atoms with van der Waals surface area (Å²) in [6.45, 7) is 4.05. The van der Waals surface area contributed by atoms with Gasteiger partial charge in [-0.2, -0.15) is 0 Å². The third kappa shape index (κ3) is 4.21. The van der Waals surface area contributed by atoms with Gasteiger partial charge in [0.1, 0.15) is 17.6 Å². The van der Waals surface area contributed by atoms with Crippen LogP contribution in [0.25, 0.3) is 6.08 Å². The van der Waals surface area contributed by atoms with Gasteiger partial charge in [0.05, 0.1) is 0 Å². The third-order valence-corrected chi connectivity index (χ3v) is 3.71. The van der Waals surface area contributed by atoms with Crippen LogP contribution in [0.3, 0.4) is 0 Å². The Morgan fingerprint density at radius 2 is 2.24 bits per heavy atom. The normalized spacial score (nSPS) is 22.2. The second-order valence-corrected chi connectivity index (χ2v) is 5.58. The molecule has 1 heterocycles. The predicted molar refractivity (Wildman–Crippen MR) is 78.7 cm³/mol. The summed E-state index contributed by atoms with van der Waals surface area (Å²) < 4.78 is 5.65. The lowest BCUT2D eigenvalue weighted by Crippen LogP contribution is -2.39. The van der Waals surface area contributed by atoms with Gasteiger partial charge in [-0.25, -0.2) is 4.79 Å². The number of carboxylic acids is 1. The van der Waals surface area contributed by atoms with Crippen LogP contribution in [0.2, 0.25) is 0 Å². The molecule has 0 spiro atoms. The highest BCUT2D eigenvalue weighted by Crippen LogP contribution is 2.47. The molecule has 1 aromatic rings. The van der Waals surface area contributed by atoms with Crippen LogP contribution in [0.4, 0.5) is 0 Å². The Hall–Kier alpha value is -2.04. The molecule has 0 saturated heterocycles. The Morgan fingerprint density at radius 1 is 1.52 bits per heavy atom. The lowest BCUT2D eigenvalue weighted by Gasteiger charge is -2.11. The van der Waals surface area contributed by atoms with E-state index in [1.807, 2.05) is 19.1 Å². The molecule has 0 radical (unpaired) electrons. The van der Waals surface area contributed by atoms with E-state index in [-0.39, 0.29) is 0 Å². The van der Waals surface area contributed by atoms with E-state index in [2.05, 4.69) is 12.2 Å². The molecule has 0 aromatic carbocycles. The Kier molecular flexibility index (Phi) is 4.83. The van der Waals surface area contributed by atoms with Crippen molar-refractivity contribution in [1.29, 1.82) is 0 Å². The summed E-state index contributed by atoms with van der Waals surface area (Å²) in [7, 11) is 0. The molecular weight excluding hydrogens is 270 g/mol. The number of carboxylic acid groups (broad SMARTS) is 1. The van der Waals surface area contributed by atoms with E-state index >= 15 is 0 Å². The van der Waals surface area contributed by atoms with E-state index in [0.717, 1.165) is 12.2 Å². The van der Waals surface area contributed by atoms with E-state index in [1.165, 1.54) is 6.08 Å². The number of amides is 1. The van der Waals surface area contributed by atoms with Gasteiger partial charge in [-0.3, -0.25) is 4.79 Å². The SMILES string of the molecule is CCC[C@H](NC(=O)/C=C/c1ccc(C2CC2C)o1)C(=O)O. The van der Waals surface area contributed by atoms with Crippen molar-refractivity contribution >= 4 is 18.0 Å². The van der Waals surface area contributed by atoms with Crippen LogP contribution < -0.4 is 5.32 Å². The van der Waals surface area contributed by atoms with E-state index in [4.69, 9.17) is 9.52 Å². The van der Waals surface area contributed by atoms with Crippen molar-refractivity contribution in [2.75, 3.05) is 0 Å². The fourth-order valence-electron chi connectivity index (χ4n) is 2.30. The van der Waals surface area contributed by atoms with Crippen LogP contribution in [0, 0.1) is 5.92 Å². The minimum Gasteiger partial charge on any atom is -0.480 e. The first kappa shape index (κ1) is 15.4. The molecule has 3 atom stereocenters. The molecule has 5 nitrogen and oxygen atoms in total. The van der Waals surface area contributed by atoms with Gasteiger partial charge in [0.25, 0.3) is 0 Å². The first-order chi connectivity index (χ1) is 10.0. The van der Waals surface area contributed by atoms with Crippen molar-refractivity contribution in [3.05, 3.63) is 29.7 Å². The first-order valence-electron chi connectivity index (χ1n) is 7.32. The number of hydrogen-bond acceptors (Lipinski definition) is 3. The zero-order chi connectivity index (χ0) is 15.4. The molecule has 1 fully saturated rings. The van der Waals surface area contributed by atoms with Gasteiger partial charge < -0.3 is 14.8 Å². The lowest BCUT2D eigenvalue weighted by atomic mass is 10.1. The maximum atomic E-state index is 11.7. The van der Waals surface area contributed by atoms with Crippen molar-refractivity contribution < 1.29 is 19.1 Å². The number of carbonyl (C=O) groups is 2. The second kappa shape index (κ2) is 6.61. The average molecular weight is 291 g/mol. The second-order valence-electron chi connectivity index (χ2n) is 5.58. The van der Waals surface area contributed by atoms with Gasteiger partial charge in [-0.05, 0) is 37.0 Å². The van der Waals surface area contributed by atoms with Crippen LogP contribution >= 0.6 is 0 Å². The van der Waals surface area contributed by atoms with Crippen LogP contribution in [-0.2, 0) is 9.59 Å². The topological polar surface area (TPSA) is 79.5 Å². The average Bonchev–Trinajstić information content (AvgIpc) is 2.99. The Morgan fingerprint density at radius 3 is 2.81 bits per heavy atom. The zero-order valence-corrected chi connectivity index (χ0v) is 12.3. The summed E-state index contributed by atoms with van der Waals surface area (Å²) in [5.74, 6) is 1.30. The number of furan rings is 1. The number of hydrogen-bond donors (Lipinski definition) is 2. The highest BCUT2D eigenvalue weighted by atomic mass is 16.4. The highest BCUT2D eigenvalue weighted by Gasteiger charge is 2.36. The quantitative estimate of drug-likeness (QED) is 0.757. The summed E-state index contributed by atoms with van der Waals surface area (Å²) >= 11 is 0. The molecule has 2 unspecified atom stereocenters. The predicted octanol–water partition coefficient (Wildman–Crippen LogP) is 2.79. The summed E-state index contributed by atoms with van der Waals surface area (Å²) in [6, 6.07) is 2.92. The smallest absolute Gasteiger partial charge is 0.326 e. The Labute approximate surface area is 124 Å². The standard InChI is InChI=1S/C16H21NO4/c1-3-4-13(16(19)20)17-15(18)8-6-11-5-7-14(21-11)12-9-10(12)2/h5-8,10,12-13H,3-4,9H2,1-2H3,(H,17,18)(H,19,20)/b8-6+/t10?,12?,13-/m0/s1. The van der Waals surface area contributed by atoms with Crippen LogP contribution in [0.1, 0.15) is 50.5 Å². The third-order valence-electron chi connectivity index (χ3n) is 3.71. The molecule has 114 valence electrons. The first-order valence-corrected chi connectivity index (χ1v) is 7.32. The summed E-state index contributed by atoms with van der Waals surface area (Å²) in [4.78, 5) is 22.7. The highest BCUT2D eigenvalue weighted by molar-refractivity contribution is 5.94. The molecule has 5 heteroatoms. The van der Waals surface area contributed by atoms with Crippen LogP contribution in [-0.4, -0.2) is 23.0 Å². The van der Waals surface area contributed by atoms with Gasteiger partial charge in [0.15, 0.2) is 0 Å². The number of aliphatic carboxylic acids is 1. The summed E-state index contributed by atoms with van der Waals surface area (Å²) in [5, 5.41) is 11.4. The number of rotatable bonds is 7. The molecule has 2 rings (SSSR count). The fourth-order valence-corrected chi connectivity index (χ4v) is 2.30. The van der Waals surface area contributed by atoms with Crippen molar-refractivity contribution in [2.24, 2.45) is 5.92 Å². The molecule has 21 heavy (non-hydrogen) atoms. The summed E-state index contributed by atoms with van der Waals surface area (Å²) in [5.41, 5.74) is 0. The largest absolute Gasteiger partial charge is 0.480 e. The Balaban J connectivity index is 1.89. The molecule has 1 saturated carbocycles. The Bertz CT molecular complexity index is 546. The van der Waals surface area contributed by atoms with Gasteiger partial charge in [0, 0.05) is 12.0 Å². The van der Waals surface area contributed by atoms with Crippen LogP contribution in [0.5, 0.6) is 0 Å². The van der Waals surface area contributed by atoms with Crippen molar-refractivity contribution in [1.82, 2.24) is 5.32 Å². The minimum atomic E-state index is -1.01. The van der Waals surface area contributed by atoms with Gasteiger partial charge in [0.2, 0.25) is 5.91 Å². The molecule has 1 aromatic heterocycles. The van der Waals surface area contributed by atoms with Crippen molar-refractivity contribution in [3.63, 3.8) is 0 Å². The zero-order valence-electron chi connectivity index (χ0n) is 12.3. The number of nitrogens with one attached hydrogen (secondary N) is 1. The van der Waals surface area contributed by atoms with Gasteiger partial charge in [-0.1, -0.05) is 20.3 Å². The molecule has 2 N–H and O–H groups in total. The molecule has 1 aliphatic carbocycles. The molecular formula is C16H21NO4. The van der Waals surface area contributed by atoms with Crippen molar-refractivity contribution in [3.8, 4) is 0 Å². The minimum absolute atomic E-state index is 0.416. The molecule has 0 aliphatic heterocycles. The monoisotopic (exact) mass is 291 g/mol. The maximum Gasteiger partial charge on any atom is 0.326 e. The lowest BCUT2D eigenvalue weighted by molar-refractivity contribution is -0.141. The van der Waals surface area contributed by atoms with Crippen molar-refractivity contribution in [2.45, 2.75) is 45.1 Å². The van der Waals surface area contributed by atoms with E-state index in [0.29, 0.717) is 30.4 Å².